The summed E-state index contributed by atoms with van der Waals surface area (Å²) in [6.45, 7) is 1.14. The lowest BCUT2D eigenvalue weighted by atomic mass is 10.2. The second-order valence-electron chi connectivity index (χ2n) is 4.95. The third-order valence-electron chi connectivity index (χ3n) is 3.24. The monoisotopic (exact) mass is 289 g/mol. The molecule has 1 heterocycles. The van der Waals surface area contributed by atoms with Crippen LogP contribution in [0.15, 0.2) is 29.1 Å². The highest BCUT2D eigenvalue weighted by Crippen LogP contribution is 2.07. The number of ether oxygens (including phenoxy) is 1. The van der Waals surface area contributed by atoms with Crippen LogP contribution in [0.2, 0.25) is 0 Å². The molecule has 0 spiro atoms. The van der Waals surface area contributed by atoms with Crippen molar-refractivity contribution in [1.82, 2.24) is 14.9 Å². The molecule has 0 aliphatic heterocycles. The van der Waals surface area contributed by atoms with Gasteiger partial charge in [-0.15, -0.1) is 0 Å². The number of para-hydroxylation sites is 2. The molecule has 2 aromatic rings. The minimum atomic E-state index is -0.218. The molecule has 0 aliphatic carbocycles. The summed E-state index contributed by atoms with van der Waals surface area (Å²) in [4.78, 5) is 32.2. The van der Waals surface area contributed by atoms with Gasteiger partial charge in [0.2, 0.25) is 0 Å². The van der Waals surface area contributed by atoms with Crippen LogP contribution < -0.4 is 5.56 Å². The highest BCUT2D eigenvalue weighted by Gasteiger charge is 2.08. The van der Waals surface area contributed by atoms with Gasteiger partial charge in [0.15, 0.2) is 0 Å². The Morgan fingerprint density at radius 2 is 2.14 bits per heavy atom. The molecule has 0 unspecified atom stereocenters. The second-order valence-corrected chi connectivity index (χ2v) is 4.95. The first-order valence-electron chi connectivity index (χ1n) is 6.83. The Morgan fingerprint density at radius 1 is 1.38 bits per heavy atom. The lowest BCUT2D eigenvalue weighted by molar-refractivity contribution is -0.140. The van der Waals surface area contributed by atoms with Gasteiger partial charge in [-0.05, 0) is 32.1 Å². The molecule has 0 saturated carbocycles. The van der Waals surface area contributed by atoms with Crippen molar-refractivity contribution in [3.05, 3.63) is 40.3 Å². The van der Waals surface area contributed by atoms with E-state index in [1.165, 1.54) is 7.11 Å². The Bertz CT molecular complexity index is 681. The standard InChI is InChI=1S/C15H19N3O3/c1-18(9-5-8-14(19)21-2)10-13-15(20)17-12-7-4-3-6-11(12)16-13/h3-4,6-7H,5,8-10H2,1-2H3,(H,17,20). The molecule has 2 rings (SSSR count). The average Bonchev–Trinajstić information content (AvgIpc) is 2.47. The fraction of sp³-hybridized carbons (Fsp3) is 0.400. The number of fused-ring (bicyclic) bond motifs is 1. The van der Waals surface area contributed by atoms with Gasteiger partial charge in [0, 0.05) is 13.0 Å². The zero-order valence-corrected chi connectivity index (χ0v) is 12.3. The van der Waals surface area contributed by atoms with Gasteiger partial charge in [-0.1, -0.05) is 12.1 Å². The minimum absolute atomic E-state index is 0.173. The van der Waals surface area contributed by atoms with E-state index >= 15 is 0 Å². The maximum absolute atomic E-state index is 12.0. The molecule has 0 bridgehead atoms. The summed E-state index contributed by atoms with van der Waals surface area (Å²) in [6, 6.07) is 7.44. The molecule has 1 aromatic carbocycles. The van der Waals surface area contributed by atoms with E-state index in [9.17, 15) is 9.59 Å². The number of rotatable bonds is 6. The SMILES string of the molecule is COC(=O)CCCN(C)Cc1nc2ccccc2[nH]c1=O. The van der Waals surface area contributed by atoms with E-state index in [0.29, 0.717) is 31.6 Å². The highest BCUT2D eigenvalue weighted by atomic mass is 16.5. The number of H-pyrrole nitrogens is 1. The first-order valence-corrected chi connectivity index (χ1v) is 6.83. The van der Waals surface area contributed by atoms with Crippen LogP contribution >= 0.6 is 0 Å². The second kappa shape index (κ2) is 6.99. The summed E-state index contributed by atoms with van der Waals surface area (Å²) in [5, 5.41) is 0. The zero-order valence-electron chi connectivity index (χ0n) is 12.3. The molecule has 1 aromatic heterocycles. The molecule has 0 aliphatic rings. The number of methoxy groups -OCH3 is 1. The zero-order chi connectivity index (χ0) is 15.2. The Balaban J connectivity index is 2.00. The van der Waals surface area contributed by atoms with Gasteiger partial charge in [-0.25, -0.2) is 4.98 Å². The van der Waals surface area contributed by atoms with Crippen molar-refractivity contribution in [1.29, 1.82) is 0 Å². The van der Waals surface area contributed by atoms with Crippen molar-refractivity contribution in [2.24, 2.45) is 0 Å². The third-order valence-corrected chi connectivity index (χ3v) is 3.24. The third kappa shape index (κ3) is 4.13. The maximum Gasteiger partial charge on any atom is 0.305 e. The minimum Gasteiger partial charge on any atom is -0.469 e. The molecule has 0 atom stereocenters. The molecule has 6 nitrogen and oxygen atoms in total. The van der Waals surface area contributed by atoms with E-state index in [-0.39, 0.29) is 11.5 Å². The van der Waals surface area contributed by atoms with E-state index < -0.39 is 0 Å². The molecule has 1 N–H and O–H groups in total. The van der Waals surface area contributed by atoms with Crippen LogP contribution in [0.5, 0.6) is 0 Å². The number of carbonyl (C=O) groups excluding carboxylic acids is 1. The number of carbonyl (C=O) groups is 1. The summed E-state index contributed by atoms with van der Waals surface area (Å²) in [7, 11) is 3.28. The molecule has 112 valence electrons. The van der Waals surface area contributed by atoms with Crippen LogP contribution in [0.4, 0.5) is 0 Å². The van der Waals surface area contributed by atoms with Crippen LogP contribution in [0.1, 0.15) is 18.5 Å². The molecular formula is C15H19N3O3. The Labute approximate surface area is 122 Å². The van der Waals surface area contributed by atoms with Crippen LogP contribution in [0.25, 0.3) is 11.0 Å². The van der Waals surface area contributed by atoms with Crippen LogP contribution in [0, 0.1) is 0 Å². The summed E-state index contributed by atoms with van der Waals surface area (Å²) >= 11 is 0. The molecule has 21 heavy (non-hydrogen) atoms. The van der Waals surface area contributed by atoms with Gasteiger partial charge in [-0.2, -0.15) is 0 Å². The Morgan fingerprint density at radius 3 is 2.90 bits per heavy atom. The van der Waals surface area contributed by atoms with Crippen molar-refractivity contribution >= 4 is 17.0 Å². The number of hydrogen-bond donors (Lipinski definition) is 1. The van der Waals surface area contributed by atoms with Crippen molar-refractivity contribution in [3.8, 4) is 0 Å². The molecular weight excluding hydrogens is 270 g/mol. The summed E-state index contributed by atoms with van der Waals surface area (Å²) < 4.78 is 4.59. The summed E-state index contributed by atoms with van der Waals surface area (Å²) in [5.74, 6) is -0.218. The predicted molar refractivity (Wildman–Crippen MR) is 79.9 cm³/mol. The van der Waals surface area contributed by atoms with E-state index in [4.69, 9.17) is 0 Å². The topological polar surface area (TPSA) is 75.3 Å². The number of aromatic nitrogens is 2. The van der Waals surface area contributed by atoms with E-state index in [0.717, 1.165) is 11.0 Å². The molecule has 0 fully saturated rings. The number of nitrogens with one attached hydrogen (secondary N) is 1. The van der Waals surface area contributed by atoms with Gasteiger partial charge < -0.3 is 14.6 Å². The Hall–Kier alpha value is -2.21. The number of hydrogen-bond acceptors (Lipinski definition) is 5. The maximum atomic E-state index is 12.0. The smallest absolute Gasteiger partial charge is 0.305 e. The fourth-order valence-corrected chi connectivity index (χ4v) is 2.10. The lowest BCUT2D eigenvalue weighted by Crippen LogP contribution is -2.26. The number of nitrogens with zero attached hydrogens (tertiary/aromatic N) is 2. The molecule has 0 saturated heterocycles. The largest absolute Gasteiger partial charge is 0.469 e. The molecule has 6 heteroatoms. The number of esters is 1. The Kier molecular flexibility index (Phi) is 5.05. The van der Waals surface area contributed by atoms with Gasteiger partial charge >= 0.3 is 5.97 Å². The quantitative estimate of drug-likeness (QED) is 0.811. The average molecular weight is 289 g/mol. The van der Waals surface area contributed by atoms with Gasteiger partial charge in [-0.3, -0.25) is 9.59 Å². The number of aromatic amines is 1. The van der Waals surface area contributed by atoms with Gasteiger partial charge in [0.1, 0.15) is 5.69 Å². The van der Waals surface area contributed by atoms with Crippen molar-refractivity contribution in [3.63, 3.8) is 0 Å². The van der Waals surface area contributed by atoms with Crippen LogP contribution in [0.3, 0.4) is 0 Å². The highest BCUT2D eigenvalue weighted by molar-refractivity contribution is 5.73. The summed E-state index contributed by atoms with van der Waals surface area (Å²) in [5.41, 5.74) is 1.82. The van der Waals surface area contributed by atoms with Crippen molar-refractivity contribution in [2.75, 3.05) is 20.7 Å². The van der Waals surface area contributed by atoms with Gasteiger partial charge in [0.25, 0.3) is 5.56 Å². The van der Waals surface area contributed by atoms with Gasteiger partial charge in [0.05, 0.1) is 18.1 Å². The predicted octanol–water partition coefficient (Wildman–Crippen LogP) is 1.31. The molecule has 0 amide bonds. The van der Waals surface area contributed by atoms with E-state index in [1.54, 1.807) is 0 Å². The van der Waals surface area contributed by atoms with E-state index in [1.807, 2.05) is 36.2 Å². The van der Waals surface area contributed by atoms with Crippen LogP contribution in [-0.2, 0) is 16.1 Å². The lowest BCUT2D eigenvalue weighted by Gasteiger charge is -2.15. The first-order chi connectivity index (χ1) is 10.1. The fourth-order valence-electron chi connectivity index (χ4n) is 2.10. The van der Waals surface area contributed by atoms with E-state index in [2.05, 4.69) is 14.7 Å². The summed E-state index contributed by atoms with van der Waals surface area (Å²) in [6.07, 6.45) is 1.07. The first kappa shape index (κ1) is 15.2. The van der Waals surface area contributed by atoms with Crippen LogP contribution in [-0.4, -0.2) is 41.5 Å². The normalized spacial score (nSPS) is 11.0. The van der Waals surface area contributed by atoms with Crippen molar-refractivity contribution in [2.45, 2.75) is 19.4 Å². The number of benzene rings is 1. The van der Waals surface area contributed by atoms with Crippen molar-refractivity contribution < 1.29 is 9.53 Å². The molecule has 0 radical (unpaired) electrons.